The number of aryl methyl sites for hydroxylation is 2. The minimum Gasteiger partial charge on any atom is -0.480 e. The van der Waals surface area contributed by atoms with Crippen LogP contribution in [-0.2, 0) is 11.2 Å². The topological polar surface area (TPSA) is 88.2 Å². The Hall–Kier alpha value is -1.64. The van der Waals surface area contributed by atoms with Gasteiger partial charge in [-0.1, -0.05) is 0 Å². The number of aliphatic carboxylic acids is 1. The summed E-state index contributed by atoms with van der Waals surface area (Å²) in [5, 5.41) is 25.6. The van der Waals surface area contributed by atoms with Gasteiger partial charge in [-0.3, -0.25) is 4.57 Å². The van der Waals surface area contributed by atoms with E-state index in [0.717, 1.165) is 4.57 Å². The standard InChI is InChI=1S/C10H14F3N3O3/c1-5(17)8(9(18)19)16-6(2)14-15-7(16)3-4-10(11,12)13/h5,8,17H,3-4H2,1-2H3,(H,18,19). The molecular weight excluding hydrogens is 267 g/mol. The van der Waals surface area contributed by atoms with Crippen molar-refractivity contribution in [2.24, 2.45) is 0 Å². The number of aromatic nitrogens is 3. The molecule has 0 aliphatic heterocycles. The normalized spacial score (nSPS) is 15.3. The predicted octanol–water partition coefficient (Wildman–Crippen LogP) is 1.09. The largest absolute Gasteiger partial charge is 0.480 e. The Balaban J connectivity index is 3.06. The van der Waals surface area contributed by atoms with Crippen LogP contribution in [0.2, 0.25) is 0 Å². The average molecular weight is 281 g/mol. The van der Waals surface area contributed by atoms with Gasteiger partial charge in [0.25, 0.3) is 0 Å². The number of carboxylic acid groups (broad SMARTS) is 1. The van der Waals surface area contributed by atoms with Crippen molar-refractivity contribution < 1.29 is 28.2 Å². The lowest BCUT2D eigenvalue weighted by Gasteiger charge is -2.20. The molecule has 0 aliphatic carbocycles. The van der Waals surface area contributed by atoms with Crippen LogP contribution in [0.25, 0.3) is 0 Å². The van der Waals surface area contributed by atoms with E-state index >= 15 is 0 Å². The number of aliphatic hydroxyl groups is 1. The third-order valence-electron chi connectivity index (χ3n) is 2.56. The number of halogens is 3. The van der Waals surface area contributed by atoms with Crippen LogP contribution in [0.5, 0.6) is 0 Å². The molecule has 0 aromatic carbocycles. The number of rotatable bonds is 5. The van der Waals surface area contributed by atoms with Crippen molar-refractivity contribution in [1.29, 1.82) is 0 Å². The number of alkyl halides is 3. The highest BCUT2D eigenvalue weighted by Gasteiger charge is 2.32. The van der Waals surface area contributed by atoms with Crippen LogP contribution in [0.3, 0.4) is 0 Å². The van der Waals surface area contributed by atoms with E-state index in [4.69, 9.17) is 5.11 Å². The molecule has 1 heterocycles. The Bertz CT molecular complexity index is 457. The van der Waals surface area contributed by atoms with Gasteiger partial charge in [-0.15, -0.1) is 10.2 Å². The van der Waals surface area contributed by atoms with Gasteiger partial charge in [0.05, 0.1) is 12.5 Å². The van der Waals surface area contributed by atoms with Gasteiger partial charge in [-0.05, 0) is 13.8 Å². The molecule has 2 N–H and O–H groups in total. The molecular formula is C10H14F3N3O3. The number of hydrogen-bond donors (Lipinski definition) is 2. The Morgan fingerprint density at radius 2 is 2.00 bits per heavy atom. The van der Waals surface area contributed by atoms with Gasteiger partial charge >= 0.3 is 12.1 Å². The lowest BCUT2D eigenvalue weighted by Crippen LogP contribution is -2.31. The monoisotopic (exact) mass is 281 g/mol. The molecule has 0 spiro atoms. The SMILES string of the molecule is Cc1nnc(CCC(F)(F)F)n1C(C(=O)O)C(C)O. The van der Waals surface area contributed by atoms with Gasteiger partial charge in [-0.25, -0.2) is 4.79 Å². The summed E-state index contributed by atoms with van der Waals surface area (Å²) in [5.41, 5.74) is 0. The fourth-order valence-electron chi connectivity index (χ4n) is 1.73. The van der Waals surface area contributed by atoms with E-state index in [0.29, 0.717) is 0 Å². The molecule has 1 aromatic rings. The summed E-state index contributed by atoms with van der Waals surface area (Å²) in [5.74, 6) is -1.32. The van der Waals surface area contributed by atoms with Crippen molar-refractivity contribution in [1.82, 2.24) is 14.8 Å². The quantitative estimate of drug-likeness (QED) is 0.843. The van der Waals surface area contributed by atoms with E-state index in [1.165, 1.54) is 13.8 Å². The summed E-state index contributed by atoms with van der Waals surface area (Å²) in [6.07, 6.45) is -7.26. The zero-order valence-corrected chi connectivity index (χ0v) is 10.3. The van der Waals surface area contributed by atoms with Crippen molar-refractivity contribution >= 4 is 5.97 Å². The highest BCUT2D eigenvalue weighted by Crippen LogP contribution is 2.24. The molecule has 2 atom stereocenters. The minimum absolute atomic E-state index is 0.108. The summed E-state index contributed by atoms with van der Waals surface area (Å²) < 4.78 is 37.6. The lowest BCUT2D eigenvalue weighted by atomic mass is 10.1. The molecule has 0 saturated carbocycles. The first-order valence-corrected chi connectivity index (χ1v) is 5.51. The maximum absolute atomic E-state index is 12.2. The second-order valence-electron chi connectivity index (χ2n) is 4.17. The zero-order valence-electron chi connectivity index (χ0n) is 10.3. The smallest absolute Gasteiger partial charge is 0.389 e. The minimum atomic E-state index is -4.37. The van der Waals surface area contributed by atoms with E-state index in [9.17, 15) is 23.1 Å². The molecule has 1 rings (SSSR count). The summed E-state index contributed by atoms with van der Waals surface area (Å²) in [6, 6.07) is -1.40. The molecule has 0 radical (unpaired) electrons. The fraction of sp³-hybridized carbons (Fsp3) is 0.700. The average Bonchev–Trinajstić information content (AvgIpc) is 2.56. The molecule has 9 heteroatoms. The van der Waals surface area contributed by atoms with Crippen LogP contribution in [0.1, 0.15) is 31.0 Å². The maximum atomic E-state index is 12.2. The lowest BCUT2D eigenvalue weighted by molar-refractivity contribution is -0.144. The van der Waals surface area contributed by atoms with Crippen molar-refractivity contribution in [3.8, 4) is 0 Å². The molecule has 0 bridgehead atoms. The summed E-state index contributed by atoms with van der Waals surface area (Å²) >= 11 is 0. The number of hydrogen-bond acceptors (Lipinski definition) is 4. The predicted molar refractivity (Wildman–Crippen MR) is 57.5 cm³/mol. The number of nitrogens with zero attached hydrogens (tertiary/aromatic N) is 3. The summed E-state index contributed by atoms with van der Waals surface area (Å²) in [4.78, 5) is 11.1. The van der Waals surface area contributed by atoms with E-state index in [1.54, 1.807) is 0 Å². The molecule has 0 amide bonds. The van der Waals surface area contributed by atoms with Crippen molar-refractivity contribution in [2.45, 2.75) is 45.0 Å². The van der Waals surface area contributed by atoms with Crippen molar-refractivity contribution in [3.63, 3.8) is 0 Å². The van der Waals surface area contributed by atoms with Crippen LogP contribution in [0, 0.1) is 6.92 Å². The molecule has 0 fully saturated rings. The van der Waals surface area contributed by atoms with Crippen LogP contribution >= 0.6 is 0 Å². The Morgan fingerprint density at radius 1 is 1.42 bits per heavy atom. The first-order valence-electron chi connectivity index (χ1n) is 5.51. The molecule has 0 aliphatic rings. The fourth-order valence-corrected chi connectivity index (χ4v) is 1.73. The van der Waals surface area contributed by atoms with Gasteiger partial charge in [-0.2, -0.15) is 13.2 Å². The zero-order chi connectivity index (χ0) is 14.8. The van der Waals surface area contributed by atoms with Gasteiger partial charge in [0.2, 0.25) is 0 Å². The highest BCUT2D eigenvalue weighted by molar-refractivity contribution is 5.72. The first-order chi connectivity index (χ1) is 8.63. The van der Waals surface area contributed by atoms with Gasteiger partial charge < -0.3 is 10.2 Å². The maximum Gasteiger partial charge on any atom is 0.389 e. The number of carboxylic acids is 1. The van der Waals surface area contributed by atoms with Crippen molar-refractivity contribution in [2.75, 3.05) is 0 Å². The number of aliphatic hydroxyl groups excluding tert-OH is 1. The van der Waals surface area contributed by atoms with Crippen LogP contribution < -0.4 is 0 Å². The third kappa shape index (κ3) is 3.91. The number of carbonyl (C=O) groups is 1. The Morgan fingerprint density at radius 3 is 2.42 bits per heavy atom. The van der Waals surface area contributed by atoms with Gasteiger partial charge in [0.1, 0.15) is 11.6 Å². The molecule has 1 aromatic heterocycles. The molecule has 2 unspecified atom stereocenters. The van der Waals surface area contributed by atoms with Gasteiger partial charge in [0, 0.05) is 6.42 Å². The summed E-state index contributed by atoms with van der Waals surface area (Å²) in [6.45, 7) is 2.66. The van der Waals surface area contributed by atoms with E-state index in [-0.39, 0.29) is 11.6 Å². The second kappa shape index (κ2) is 5.55. The van der Waals surface area contributed by atoms with E-state index < -0.39 is 37.1 Å². The highest BCUT2D eigenvalue weighted by atomic mass is 19.4. The molecule has 6 nitrogen and oxygen atoms in total. The second-order valence-corrected chi connectivity index (χ2v) is 4.17. The van der Waals surface area contributed by atoms with Crippen LogP contribution in [-0.4, -0.2) is 43.2 Å². The molecule has 19 heavy (non-hydrogen) atoms. The van der Waals surface area contributed by atoms with E-state index in [2.05, 4.69) is 10.2 Å². The van der Waals surface area contributed by atoms with Gasteiger partial charge in [0.15, 0.2) is 6.04 Å². The van der Waals surface area contributed by atoms with E-state index in [1.807, 2.05) is 0 Å². The third-order valence-corrected chi connectivity index (χ3v) is 2.56. The van der Waals surface area contributed by atoms with Crippen LogP contribution in [0.15, 0.2) is 0 Å². The Kier molecular flexibility index (Phi) is 4.51. The first kappa shape index (κ1) is 15.4. The molecule has 108 valence electrons. The molecule has 0 saturated heterocycles. The van der Waals surface area contributed by atoms with Crippen LogP contribution in [0.4, 0.5) is 13.2 Å². The summed E-state index contributed by atoms with van der Waals surface area (Å²) in [7, 11) is 0. The Labute approximate surface area is 106 Å². The van der Waals surface area contributed by atoms with Crippen molar-refractivity contribution in [3.05, 3.63) is 11.6 Å².